The van der Waals surface area contributed by atoms with Gasteiger partial charge in [0.05, 0.1) is 6.54 Å². The smallest absolute Gasteiger partial charge is 0.211 e. The van der Waals surface area contributed by atoms with Crippen LogP contribution in [0, 0.1) is 0 Å². The highest BCUT2D eigenvalue weighted by atomic mass is 35.5. The van der Waals surface area contributed by atoms with Crippen molar-refractivity contribution < 1.29 is 4.79 Å². The summed E-state index contributed by atoms with van der Waals surface area (Å²) in [5.74, 6) is 0. The second-order valence-electron chi connectivity index (χ2n) is 0.925. The first-order valence-corrected chi connectivity index (χ1v) is 2.02. The quantitative estimate of drug-likeness (QED) is 0.393. The van der Waals surface area contributed by atoms with E-state index in [1.807, 2.05) is 0 Å². The highest BCUT2D eigenvalue weighted by Crippen LogP contribution is 1.93. The lowest BCUT2D eigenvalue weighted by Crippen LogP contribution is -1.72. The van der Waals surface area contributed by atoms with Crippen LogP contribution in [0.1, 0.15) is 0 Å². The second-order valence-corrected chi connectivity index (χ2v) is 1.46. The van der Waals surface area contributed by atoms with Gasteiger partial charge in [0.1, 0.15) is 0 Å². The molecule has 0 unspecified atom stereocenters. The molecular weight excluding hydrogens is 114 g/mol. The first-order chi connectivity index (χ1) is 3.27. The van der Waals surface area contributed by atoms with Crippen LogP contribution in [-0.4, -0.2) is 12.6 Å². The Morgan fingerprint density at radius 3 is 2.71 bits per heavy atom. The molecule has 0 heterocycles. The van der Waals surface area contributed by atoms with E-state index >= 15 is 0 Å². The van der Waals surface area contributed by atoms with Crippen LogP contribution < -0.4 is 0 Å². The average Bonchev–Trinajstić information content (AvgIpc) is 1.61. The van der Waals surface area contributed by atoms with Crippen LogP contribution in [0.3, 0.4) is 0 Å². The maximum absolute atomic E-state index is 9.32. The molecule has 0 saturated heterocycles. The van der Waals surface area contributed by atoms with E-state index in [0.717, 1.165) is 0 Å². The molecule has 0 aliphatic heterocycles. The number of rotatable bonds is 2. The van der Waals surface area contributed by atoms with E-state index in [1.165, 1.54) is 6.08 Å². The highest BCUT2D eigenvalue weighted by molar-refractivity contribution is 6.29. The van der Waals surface area contributed by atoms with Crippen molar-refractivity contribution in [2.45, 2.75) is 0 Å². The van der Waals surface area contributed by atoms with Crippen molar-refractivity contribution in [3.63, 3.8) is 0 Å². The lowest BCUT2D eigenvalue weighted by Gasteiger charge is -1.78. The summed E-state index contributed by atoms with van der Waals surface area (Å²) in [7, 11) is 0. The molecule has 0 aromatic carbocycles. The Kier molecular flexibility index (Phi) is 3.29. The van der Waals surface area contributed by atoms with Gasteiger partial charge < -0.3 is 0 Å². The predicted octanol–water partition coefficient (Wildman–Crippen LogP) is 1.07. The molecule has 0 aromatic rings. The summed E-state index contributed by atoms with van der Waals surface area (Å²) in [6.45, 7) is 3.46. The molecule has 7 heavy (non-hydrogen) atoms. The molecule has 3 heteroatoms. The summed E-state index contributed by atoms with van der Waals surface area (Å²) >= 11 is 5.19. The molecule has 0 amide bonds. The maximum atomic E-state index is 9.32. The highest BCUT2D eigenvalue weighted by Gasteiger charge is 1.78. The van der Waals surface area contributed by atoms with Crippen LogP contribution in [0.5, 0.6) is 0 Å². The molecule has 0 fully saturated rings. The van der Waals surface area contributed by atoms with Crippen LogP contribution in [0.2, 0.25) is 0 Å². The summed E-state index contributed by atoms with van der Waals surface area (Å²) in [6.07, 6.45) is 1.33. The SMILES string of the molecule is C=C(Cl)CN=C=O. The zero-order valence-electron chi connectivity index (χ0n) is 3.65. The van der Waals surface area contributed by atoms with E-state index in [9.17, 15) is 4.79 Å². The molecule has 0 spiro atoms. The minimum atomic E-state index is 0.172. The van der Waals surface area contributed by atoms with Gasteiger partial charge in [-0.3, -0.25) is 0 Å². The van der Waals surface area contributed by atoms with E-state index in [4.69, 9.17) is 11.6 Å². The Labute approximate surface area is 46.5 Å². The first-order valence-electron chi connectivity index (χ1n) is 1.64. The molecule has 0 aliphatic carbocycles. The standard InChI is InChI=1S/C4H4ClNO/c1-4(5)2-6-3-7/h1-2H2. The number of isocyanates is 1. The van der Waals surface area contributed by atoms with Crippen LogP contribution in [0.15, 0.2) is 16.6 Å². The Morgan fingerprint density at radius 2 is 2.57 bits per heavy atom. The maximum Gasteiger partial charge on any atom is 0.235 e. The molecular formula is C4H4ClNO. The Hall–Kier alpha value is -0.590. The van der Waals surface area contributed by atoms with E-state index in [-0.39, 0.29) is 6.54 Å². The molecule has 0 aliphatic rings. The van der Waals surface area contributed by atoms with Crippen molar-refractivity contribution in [2.24, 2.45) is 4.99 Å². The normalized spacial score (nSPS) is 7.00. The molecule has 0 saturated carbocycles. The van der Waals surface area contributed by atoms with Crippen LogP contribution in [-0.2, 0) is 4.79 Å². The fourth-order valence-electron chi connectivity index (χ4n) is 0.118. The monoisotopic (exact) mass is 117 g/mol. The summed E-state index contributed by atoms with van der Waals surface area (Å²) in [5.41, 5.74) is 0. The molecule has 0 radical (unpaired) electrons. The first kappa shape index (κ1) is 6.41. The van der Waals surface area contributed by atoms with Crippen molar-refractivity contribution in [1.29, 1.82) is 0 Å². The number of aliphatic imine (C=N–C) groups is 1. The molecule has 0 N–H and O–H groups in total. The van der Waals surface area contributed by atoms with Crippen molar-refractivity contribution in [3.8, 4) is 0 Å². The number of hydrogen-bond acceptors (Lipinski definition) is 2. The van der Waals surface area contributed by atoms with Gasteiger partial charge in [-0.15, -0.1) is 0 Å². The minimum Gasteiger partial charge on any atom is -0.211 e. The third-order valence-electron chi connectivity index (χ3n) is 0.315. The lowest BCUT2D eigenvalue weighted by molar-refractivity contribution is 0.564. The summed E-state index contributed by atoms with van der Waals surface area (Å²) in [6, 6.07) is 0. The fourth-order valence-corrected chi connectivity index (χ4v) is 0.178. The van der Waals surface area contributed by atoms with Crippen molar-refractivity contribution >= 4 is 17.7 Å². The second kappa shape index (κ2) is 3.59. The van der Waals surface area contributed by atoms with Gasteiger partial charge in [-0.1, -0.05) is 18.2 Å². The van der Waals surface area contributed by atoms with Gasteiger partial charge in [-0.2, -0.15) is 0 Å². The number of carbonyl (C=O) groups excluding carboxylic acids is 1. The Balaban J connectivity index is 3.32. The topological polar surface area (TPSA) is 29.4 Å². The molecule has 0 rings (SSSR count). The van der Waals surface area contributed by atoms with E-state index in [0.29, 0.717) is 5.03 Å². The van der Waals surface area contributed by atoms with E-state index < -0.39 is 0 Å². The van der Waals surface area contributed by atoms with Crippen LogP contribution in [0.4, 0.5) is 0 Å². The molecule has 38 valence electrons. The zero-order valence-corrected chi connectivity index (χ0v) is 4.40. The van der Waals surface area contributed by atoms with Crippen LogP contribution in [0.25, 0.3) is 0 Å². The number of nitrogens with zero attached hydrogens (tertiary/aromatic N) is 1. The molecule has 0 bridgehead atoms. The summed E-state index contributed by atoms with van der Waals surface area (Å²) in [4.78, 5) is 12.5. The molecule has 0 atom stereocenters. The third-order valence-corrected chi connectivity index (χ3v) is 0.435. The third kappa shape index (κ3) is 5.41. The van der Waals surface area contributed by atoms with E-state index in [1.54, 1.807) is 0 Å². The van der Waals surface area contributed by atoms with Crippen molar-refractivity contribution in [3.05, 3.63) is 11.6 Å². The van der Waals surface area contributed by atoms with Gasteiger partial charge in [0.2, 0.25) is 6.08 Å². The van der Waals surface area contributed by atoms with Crippen LogP contribution >= 0.6 is 11.6 Å². The Bertz CT molecular complexity index is 115. The van der Waals surface area contributed by atoms with Gasteiger partial charge in [-0.05, 0) is 0 Å². The summed E-state index contributed by atoms with van der Waals surface area (Å²) in [5, 5.41) is 0.350. The van der Waals surface area contributed by atoms with Crippen molar-refractivity contribution in [2.75, 3.05) is 6.54 Å². The van der Waals surface area contributed by atoms with Gasteiger partial charge in [0.15, 0.2) is 0 Å². The fraction of sp³-hybridized carbons (Fsp3) is 0.250. The molecule has 0 aromatic heterocycles. The minimum absolute atomic E-state index is 0.172. The Morgan fingerprint density at radius 1 is 2.00 bits per heavy atom. The zero-order chi connectivity index (χ0) is 5.70. The van der Waals surface area contributed by atoms with Gasteiger partial charge in [0, 0.05) is 5.03 Å². The van der Waals surface area contributed by atoms with E-state index in [2.05, 4.69) is 11.6 Å². The largest absolute Gasteiger partial charge is 0.235 e. The average molecular weight is 118 g/mol. The summed E-state index contributed by atoms with van der Waals surface area (Å²) < 4.78 is 0. The molecule has 2 nitrogen and oxygen atoms in total. The number of halogens is 1. The van der Waals surface area contributed by atoms with Crippen molar-refractivity contribution in [1.82, 2.24) is 0 Å². The number of hydrogen-bond donors (Lipinski definition) is 0. The lowest BCUT2D eigenvalue weighted by atomic mass is 10.6. The van der Waals surface area contributed by atoms with Gasteiger partial charge in [-0.25, -0.2) is 9.79 Å². The van der Waals surface area contributed by atoms with Gasteiger partial charge in [0.25, 0.3) is 0 Å². The van der Waals surface area contributed by atoms with Gasteiger partial charge >= 0.3 is 0 Å². The predicted molar refractivity (Wildman–Crippen MR) is 28.0 cm³/mol.